The number of ether oxygens (including phenoxy) is 6. The highest BCUT2D eigenvalue weighted by Crippen LogP contribution is 2.39. The van der Waals surface area contributed by atoms with Gasteiger partial charge in [-0.25, -0.2) is 9.59 Å². The number of hydrogen-bond acceptors (Lipinski definition) is 13. The first kappa shape index (κ1) is 39.0. The molecule has 5 rings (SSSR count). The second kappa shape index (κ2) is 17.5. The van der Waals surface area contributed by atoms with Crippen molar-refractivity contribution in [2.45, 2.75) is 152 Å². The number of benzene rings is 1. The smallest absolute Gasteiger partial charge is 0.338 e. The predicted octanol–water partition coefficient (Wildman–Crippen LogP) is 1.76. The number of aliphatic hydroxyl groups is 5. The Balaban J connectivity index is 1.44. The van der Waals surface area contributed by atoms with E-state index in [9.17, 15) is 40.2 Å². The van der Waals surface area contributed by atoms with Gasteiger partial charge in [-0.3, -0.25) is 0 Å². The van der Waals surface area contributed by atoms with Crippen molar-refractivity contribution in [2.24, 2.45) is 17.8 Å². The van der Waals surface area contributed by atoms with Crippen LogP contribution in [0.4, 0.5) is 0 Å². The van der Waals surface area contributed by atoms with Crippen molar-refractivity contribution in [3.05, 3.63) is 35.9 Å². The summed E-state index contributed by atoms with van der Waals surface area (Å²) in [5.41, 5.74) is 0.195. The van der Waals surface area contributed by atoms with Crippen molar-refractivity contribution in [1.82, 2.24) is 0 Å². The van der Waals surface area contributed by atoms with Crippen molar-refractivity contribution in [1.29, 1.82) is 0 Å². The molecule has 0 bridgehead atoms. The van der Waals surface area contributed by atoms with Gasteiger partial charge in [-0.05, 0) is 56.1 Å². The van der Waals surface area contributed by atoms with Crippen LogP contribution in [0.2, 0.25) is 0 Å². The number of carboxylic acid groups (broad SMARTS) is 1. The summed E-state index contributed by atoms with van der Waals surface area (Å²) in [7, 11) is 0. The fraction of sp³-hybridized carbons (Fsp3) is 0.778. The quantitative estimate of drug-likeness (QED) is 0.171. The van der Waals surface area contributed by atoms with E-state index in [-0.39, 0.29) is 29.7 Å². The molecule has 15 atom stereocenters. The van der Waals surface area contributed by atoms with Crippen LogP contribution in [0, 0.1) is 17.8 Å². The topological polar surface area (TPSA) is 211 Å². The molecule has 0 radical (unpaired) electrons. The van der Waals surface area contributed by atoms with Gasteiger partial charge in [-0.2, -0.15) is 0 Å². The summed E-state index contributed by atoms with van der Waals surface area (Å²) in [6, 6.07) is 8.13. The van der Waals surface area contributed by atoms with Crippen molar-refractivity contribution in [2.75, 3.05) is 6.61 Å². The summed E-state index contributed by atoms with van der Waals surface area (Å²) in [6.07, 6.45) is -10.5. The van der Waals surface area contributed by atoms with Gasteiger partial charge in [0.2, 0.25) is 0 Å². The van der Waals surface area contributed by atoms with Crippen LogP contribution < -0.4 is 0 Å². The standard InChI is InChI=1S/C36H54O14/c1-18-14-19(2)30(50-35-29(41)28(40)26(38)20(3)45-35)23(15-18)47-36-32(49-34(44)22-12-8-5-9-13-22)31(27(39)25(17-37)48-36)46-24(33(42)43)16-21-10-6-4-7-11-21/h5,8-9,12-13,18-21,23-32,35-41H,4,6-7,10-11,14-17H2,1-3H3,(H,42,43)/t18?,19-,20-,23+,24-,25+,26+,27-,28+,29-,30+,31-,32+,35?,36+/m0/s1. The highest BCUT2D eigenvalue weighted by molar-refractivity contribution is 5.89. The molecule has 0 aromatic heterocycles. The first-order chi connectivity index (χ1) is 23.9. The molecular formula is C36H54O14. The number of rotatable bonds is 12. The fourth-order valence-corrected chi connectivity index (χ4v) is 7.90. The highest BCUT2D eigenvalue weighted by Gasteiger charge is 2.53. The number of hydrogen-bond donors (Lipinski definition) is 6. The summed E-state index contributed by atoms with van der Waals surface area (Å²) in [5.74, 6) is -1.93. The van der Waals surface area contributed by atoms with Crippen LogP contribution in [0.3, 0.4) is 0 Å². The summed E-state index contributed by atoms with van der Waals surface area (Å²) in [5, 5.41) is 63.3. The minimum absolute atomic E-state index is 0.107. The Morgan fingerprint density at radius 3 is 2.18 bits per heavy atom. The summed E-state index contributed by atoms with van der Waals surface area (Å²) < 4.78 is 36.8. The molecule has 2 unspecified atom stereocenters. The van der Waals surface area contributed by atoms with Crippen LogP contribution in [-0.4, -0.2) is 129 Å². The van der Waals surface area contributed by atoms with E-state index in [2.05, 4.69) is 0 Å². The molecule has 0 amide bonds. The van der Waals surface area contributed by atoms with Gasteiger partial charge in [0.1, 0.15) is 36.6 Å². The summed E-state index contributed by atoms with van der Waals surface area (Å²) in [6.45, 7) is 4.85. The van der Waals surface area contributed by atoms with Crippen LogP contribution in [0.25, 0.3) is 0 Å². The van der Waals surface area contributed by atoms with Gasteiger partial charge in [0.25, 0.3) is 0 Å². The number of aliphatic carboxylic acids is 1. The summed E-state index contributed by atoms with van der Waals surface area (Å²) >= 11 is 0. The molecule has 0 spiro atoms. The SMILES string of the molecule is CC1C[C@H](C)[C@@H](OC2O[C@@H](C)[C@@H](O)[C@@H](O)[C@@H]2O)[C@H](O[C@@H]2O[C@H](CO)[C@H](O)[C@H](O[C@@H](CC3CCCCC3)C(=O)O)[C@H]2OC(=O)c2ccccc2)C1. The zero-order chi connectivity index (χ0) is 36.1. The zero-order valence-corrected chi connectivity index (χ0v) is 28.9. The van der Waals surface area contributed by atoms with Crippen LogP contribution in [0.15, 0.2) is 30.3 Å². The lowest BCUT2D eigenvalue weighted by Gasteiger charge is -2.48. The third kappa shape index (κ3) is 9.21. The van der Waals surface area contributed by atoms with Gasteiger partial charge in [-0.1, -0.05) is 64.2 Å². The van der Waals surface area contributed by atoms with Crippen molar-refractivity contribution < 1.29 is 68.6 Å². The summed E-state index contributed by atoms with van der Waals surface area (Å²) in [4.78, 5) is 26.0. The number of carbonyl (C=O) groups is 2. The normalized spacial score (nSPS) is 40.6. The molecule has 1 aromatic rings. The third-order valence-electron chi connectivity index (χ3n) is 10.7. The van der Waals surface area contributed by atoms with E-state index in [1.54, 1.807) is 37.3 Å². The maximum atomic E-state index is 13.5. The molecule has 50 heavy (non-hydrogen) atoms. The predicted molar refractivity (Wildman–Crippen MR) is 175 cm³/mol. The lowest BCUT2D eigenvalue weighted by molar-refractivity contribution is -0.349. The molecule has 14 nitrogen and oxygen atoms in total. The maximum Gasteiger partial charge on any atom is 0.338 e. The lowest BCUT2D eigenvalue weighted by Crippen LogP contribution is -2.64. The van der Waals surface area contributed by atoms with Crippen molar-refractivity contribution in [3.63, 3.8) is 0 Å². The van der Waals surface area contributed by atoms with Crippen molar-refractivity contribution >= 4 is 11.9 Å². The van der Waals surface area contributed by atoms with E-state index in [1.807, 2.05) is 13.8 Å². The first-order valence-electron chi connectivity index (χ1n) is 18.0. The molecule has 2 saturated carbocycles. The molecule has 2 aliphatic carbocycles. The molecule has 6 N–H and O–H groups in total. The van der Waals surface area contributed by atoms with Gasteiger partial charge in [0.15, 0.2) is 24.8 Å². The van der Waals surface area contributed by atoms with Gasteiger partial charge in [-0.15, -0.1) is 0 Å². The van der Waals surface area contributed by atoms with Crippen LogP contribution in [-0.2, 0) is 33.2 Å². The Morgan fingerprint density at radius 1 is 0.820 bits per heavy atom. The minimum Gasteiger partial charge on any atom is -0.479 e. The molecule has 4 fully saturated rings. The first-order valence-corrected chi connectivity index (χ1v) is 18.0. The van der Waals surface area contributed by atoms with Crippen LogP contribution in [0.1, 0.15) is 82.5 Å². The molecule has 2 heterocycles. The fourth-order valence-electron chi connectivity index (χ4n) is 7.90. The molecule has 282 valence electrons. The van der Waals surface area contributed by atoms with E-state index < -0.39 is 98.3 Å². The lowest BCUT2D eigenvalue weighted by atomic mass is 9.79. The van der Waals surface area contributed by atoms with Crippen molar-refractivity contribution in [3.8, 4) is 0 Å². The Morgan fingerprint density at radius 2 is 1.52 bits per heavy atom. The Kier molecular flexibility index (Phi) is 13.7. The van der Waals surface area contributed by atoms with E-state index in [1.165, 1.54) is 0 Å². The second-order valence-corrected chi connectivity index (χ2v) is 14.6. The van der Waals surface area contributed by atoms with E-state index in [4.69, 9.17) is 28.4 Å². The number of esters is 1. The second-order valence-electron chi connectivity index (χ2n) is 14.6. The largest absolute Gasteiger partial charge is 0.479 e. The average Bonchev–Trinajstić information content (AvgIpc) is 3.10. The average molecular weight is 711 g/mol. The number of aliphatic hydroxyl groups excluding tert-OH is 5. The molecule has 2 aliphatic heterocycles. The van der Waals surface area contributed by atoms with Crippen LogP contribution >= 0.6 is 0 Å². The molecule has 4 aliphatic rings. The zero-order valence-electron chi connectivity index (χ0n) is 28.9. The van der Waals surface area contributed by atoms with Gasteiger partial charge in [0.05, 0.1) is 30.5 Å². The van der Waals surface area contributed by atoms with E-state index in [0.29, 0.717) is 6.42 Å². The molecule has 2 saturated heterocycles. The minimum atomic E-state index is -1.59. The highest BCUT2D eigenvalue weighted by atomic mass is 16.7. The van der Waals surface area contributed by atoms with Gasteiger partial charge < -0.3 is 59.1 Å². The van der Waals surface area contributed by atoms with Gasteiger partial charge in [0, 0.05) is 0 Å². The Labute approximate surface area is 292 Å². The van der Waals surface area contributed by atoms with Gasteiger partial charge >= 0.3 is 11.9 Å². The molecule has 14 heteroatoms. The van der Waals surface area contributed by atoms with Crippen LogP contribution in [0.5, 0.6) is 0 Å². The van der Waals surface area contributed by atoms with E-state index >= 15 is 0 Å². The number of carboxylic acids is 1. The monoisotopic (exact) mass is 710 g/mol. The maximum absolute atomic E-state index is 13.5. The molecule has 1 aromatic carbocycles. The van der Waals surface area contributed by atoms with E-state index in [0.717, 1.165) is 38.5 Å². The number of carbonyl (C=O) groups excluding carboxylic acids is 1. The molecular weight excluding hydrogens is 656 g/mol. The Bertz CT molecular complexity index is 1230. The Hall–Kier alpha value is -2.24. The third-order valence-corrected chi connectivity index (χ3v) is 10.7.